The highest BCUT2D eigenvalue weighted by molar-refractivity contribution is 8.18. The summed E-state index contributed by atoms with van der Waals surface area (Å²) >= 11 is 6.72. The molecule has 7 nitrogen and oxygen atoms in total. The van der Waals surface area contributed by atoms with Gasteiger partial charge in [-0.3, -0.25) is 14.5 Å². The first kappa shape index (κ1) is 26.3. The van der Waals surface area contributed by atoms with E-state index in [4.69, 9.17) is 25.8 Å². The molecule has 0 aromatic heterocycles. The molecule has 4 aromatic carbocycles. The van der Waals surface area contributed by atoms with Gasteiger partial charge in [-0.05, 0) is 76.6 Å². The lowest BCUT2D eigenvalue weighted by molar-refractivity contribution is -0.123. The number of methoxy groups -OCH3 is 1. The van der Waals surface area contributed by atoms with Crippen LogP contribution in [0.25, 0.3) is 16.8 Å². The number of ether oxygens (including phenoxy) is 3. The summed E-state index contributed by atoms with van der Waals surface area (Å²) in [6.07, 6.45) is 1.60. The van der Waals surface area contributed by atoms with Gasteiger partial charge in [0.1, 0.15) is 12.4 Å². The first-order chi connectivity index (χ1) is 18.9. The van der Waals surface area contributed by atoms with E-state index in [0.717, 1.165) is 27.4 Å². The smallest absolute Gasteiger partial charge is 0.344 e. The number of hydrogen-bond acceptors (Lipinski definition) is 7. The number of esters is 1. The Kier molecular flexibility index (Phi) is 7.86. The summed E-state index contributed by atoms with van der Waals surface area (Å²) in [5.41, 5.74) is 1.05. The van der Waals surface area contributed by atoms with Crippen LogP contribution in [0.5, 0.6) is 17.2 Å². The first-order valence-corrected chi connectivity index (χ1v) is 13.1. The molecule has 1 fully saturated rings. The number of thioether (sulfide) groups is 1. The third kappa shape index (κ3) is 5.92. The second-order valence-electron chi connectivity index (χ2n) is 8.46. The van der Waals surface area contributed by atoms with Gasteiger partial charge in [-0.2, -0.15) is 0 Å². The Morgan fingerprint density at radius 2 is 1.72 bits per heavy atom. The molecule has 0 radical (unpaired) electrons. The molecule has 1 heterocycles. The number of amides is 2. The summed E-state index contributed by atoms with van der Waals surface area (Å²) in [7, 11) is 1.46. The number of halogens is 1. The minimum absolute atomic E-state index is 0.108. The number of fused-ring (bicyclic) bond motifs is 1. The van der Waals surface area contributed by atoms with E-state index in [1.807, 2.05) is 30.3 Å². The van der Waals surface area contributed by atoms with Gasteiger partial charge in [0.15, 0.2) is 11.5 Å². The summed E-state index contributed by atoms with van der Waals surface area (Å²) in [4.78, 5) is 39.7. The fourth-order valence-corrected chi connectivity index (χ4v) is 5.04. The van der Waals surface area contributed by atoms with Crippen LogP contribution in [-0.2, 0) is 4.79 Å². The van der Waals surface area contributed by atoms with Crippen LogP contribution >= 0.6 is 23.4 Å². The number of carbonyl (C=O) groups is 3. The Labute approximate surface area is 233 Å². The zero-order chi connectivity index (χ0) is 27.4. The van der Waals surface area contributed by atoms with Crippen molar-refractivity contribution in [3.8, 4) is 17.2 Å². The standard InChI is InChI=1S/C30H22ClNO6S/c1-36-26-17-19(9-14-25(26)38-29(34)24-8-4-6-20-5-2-3-7-23(20)24)18-27-28(33)32(30(35)39-27)15-16-37-22-12-10-21(31)11-13-22/h2-14,17-18H,15-16H2,1H3/b27-18-. The van der Waals surface area contributed by atoms with Gasteiger partial charge in [0.2, 0.25) is 0 Å². The van der Waals surface area contributed by atoms with E-state index < -0.39 is 11.9 Å². The zero-order valence-electron chi connectivity index (χ0n) is 20.8. The van der Waals surface area contributed by atoms with Crippen molar-refractivity contribution in [2.45, 2.75) is 0 Å². The van der Waals surface area contributed by atoms with Crippen LogP contribution in [0.4, 0.5) is 4.79 Å². The average Bonchev–Trinajstić information content (AvgIpc) is 3.21. The van der Waals surface area contributed by atoms with Crippen LogP contribution in [0, 0.1) is 0 Å². The van der Waals surface area contributed by atoms with E-state index >= 15 is 0 Å². The van der Waals surface area contributed by atoms with E-state index in [0.29, 0.717) is 27.6 Å². The predicted molar refractivity (Wildman–Crippen MR) is 152 cm³/mol. The van der Waals surface area contributed by atoms with E-state index in [9.17, 15) is 14.4 Å². The second kappa shape index (κ2) is 11.6. The van der Waals surface area contributed by atoms with Crippen molar-refractivity contribution in [2.75, 3.05) is 20.3 Å². The van der Waals surface area contributed by atoms with Crippen LogP contribution in [-0.4, -0.2) is 42.3 Å². The fourth-order valence-electron chi connectivity index (χ4n) is 4.05. The lowest BCUT2D eigenvalue weighted by Gasteiger charge is -2.13. The maximum atomic E-state index is 13.0. The van der Waals surface area contributed by atoms with Gasteiger partial charge < -0.3 is 14.2 Å². The first-order valence-electron chi connectivity index (χ1n) is 11.9. The number of rotatable bonds is 8. The van der Waals surface area contributed by atoms with E-state index in [1.54, 1.807) is 60.7 Å². The number of imide groups is 1. The Balaban J connectivity index is 1.27. The predicted octanol–water partition coefficient (Wildman–Crippen LogP) is 6.84. The van der Waals surface area contributed by atoms with Crippen molar-refractivity contribution >= 4 is 57.3 Å². The molecule has 0 aliphatic carbocycles. The number of hydrogen-bond donors (Lipinski definition) is 0. The van der Waals surface area contributed by atoms with Gasteiger partial charge in [0, 0.05) is 5.02 Å². The van der Waals surface area contributed by atoms with Gasteiger partial charge in [0.25, 0.3) is 11.1 Å². The molecule has 39 heavy (non-hydrogen) atoms. The molecule has 2 amide bonds. The summed E-state index contributed by atoms with van der Waals surface area (Å²) in [6.45, 7) is 0.258. The summed E-state index contributed by atoms with van der Waals surface area (Å²) in [5, 5.41) is 1.93. The molecule has 0 atom stereocenters. The lowest BCUT2D eigenvalue weighted by atomic mass is 10.0. The Morgan fingerprint density at radius 1 is 0.949 bits per heavy atom. The molecule has 0 bridgehead atoms. The molecule has 0 spiro atoms. The summed E-state index contributed by atoms with van der Waals surface area (Å²) in [6, 6.07) is 24.7. The molecule has 1 aliphatic heterocycles. The van der Waals surface area contributed by atoms with Crippen LogP contribution in [0.3, 0.4) is 0 Å². The molecule has 1 aliphatic rings. The summed E-state index contributed by atoms with van der Waals surface area (Å²) in [5.74, 6) is 0.220. The zero-order valence-corrected chi connectivity index (χ0v) is 22.3. The van der Waals surface area contributed by atoms with Crippen molar-refractivity contribution in [1.29, 1.82) is 0 Å². The fraction of sp³-hybridized carbons (Fsp3) is 0.100. The number of nitrogens with zero attached hydrogens (tertiary/aromatic N) is 1. The van der Waals surface area contributed by atoms with Crippen molar-refractivity contribution in [3.05, 3.63) is 106 Å². The molecule has 196 valence electrons. The van der Waals surface area contributed by atoms with Crippen molar-refractivity contribution in [1.82, 2.24) is 4.90 Å². The van der Waals surface area contributed by atoms with Gasteiger partial charge in [-0.1, -0.05) is 54.1 Å². The topological polar surface area (TPSA) is 82.1 Å². The minimum atomic E-state index is -0.514. The van der Waals surface area contributed by atoms with Gasteiger partial charge in [-0.15, -0.1) is 0 Å². The van der Waals surface area contributed by atoms with Gasteiger partial charge in [-0.25, -0.2) is 4.79 Å². The maximum Gasteiger partial charge on any atom is 0.344 e. The second-order valence-corrected chi connectivity index (χ2v) is 9.89. The number of benzene rings is 4. The number of carbonyl (C=O) groups excluding carboxylic acids is 3. The summed E-state index contributed by atoms with van der Waals surface area (Å²) < 4.78 is 16.7. The van der Waals surface area contributed by atoms with Crippen LogP contribution in [0.1, 0.15) is 15.9 Å². The van der Waals surface area contributed by atoms with E-state index in [-0.39, 0.29) is 29.0 Å². The van der Waals surface area contributed by atoms with Crippen LogP contribution in [0.15, 0.2) is 89.8 Å². The van der Waals surface area contributed by atoms with Gasteiger partial charge >= 0.3 is 5.97 Å². The molecular formula is C30H22ClNO6S. The highest BCUT2D eigenvalue weighted by Gasteiger charge is 2.34. The molecule has 0 unspecified atom stereocenters. The van der Waals surface area contributed by atoms with E-state index in [2.05, 4.69) is 0 Å². The average molecular weight is 560 g/mol. The van der Waals surface area contributed by atoms with E-state index in [1.165, 1.54) is 7.11 Å². The van der Waals surface area contributed by atoms with Gasteiger partial charge in [0.05, 0.1) is 24.1 Å². The molecule has 0 saturated carbocycles. The molecule has 0 N–H and O–H groups in total. The molecule has 1 saturated heterocycles. The quantitative estimate of drug-likeness (QED) is 0.133. The Hall–Kier alpha value is -4.27. The highest BCUT2D eigenvalue weighted by atomic mass is 35.5. The third-order valence-electron chi connectivity index (χ3n) is 5.97. The Bertz CT molecular complexity index is 1600. The molecule has 9 heteroatoms. The Morgan fingerprint density at radius 3 is 2.51 bits per heavy atom. The largest absolute Gasteiger partial charge is 0.493 e. The van der Waals surface area contributed by atoms with Crippen molar-refractivity contribution in [3.63, 3.8) is 0 Å². The monoisotopic (exact) mass is 559 g/mol. The SMILES string of the molecule is COc1cc(/C=C2\SC(=O)N(CCOc3ccc(Cl)cc3)C2=O)ccc1OC(=O)c1cccc2ccccc12. The third-order valence-corrected chi connectivity index (χ3v) is 7.13. The maximum absolute atomic E-state index is 13.0. The highest BCUT2D eigenvalue weighted by Crippen LogP contribution is 2.35. The van der Waals surface area contributed by atoms with Crippen LogP contribution < -0.4 is 14.2 Å². The lowest BCUT2D eigenvalue weighted by Crippen LogP contribution is -2.32. The normalized spacial score (nSPS) is 14.2. The molecule has 5 rings (SSSR count). The van der Waals surface area contributed by atoms with Crippen molar-refractivity contribution < 1.29 is 28.6 Å². The molecular weight excluding hydrogens is 538 g/mol. The van der Waals surface area contributed by atoms with Crippen LogP contribution in [0.2, 0.25) is 5.02 Å². The molecule has 4 aromatic rings. The van der Waals surface area contributed by atoms with Crippen molar-refractivity contribution in [2.24, 2.45) is 0 Å². The minimum Gasteiger partial charge on any atom is -0.493 e.